The number of pyridine rings is 1. The summed E-state index contributed by atoms with van der Waals surface area (Å²) in [5.41, 5.74) is 2.56. The first kappa shape index (κ1) is 8.94. The number of nitrogens with zero attached hydrogens (tertiary/aromatic N) is 2. The van der Waals surface area contributed by atoms with Crippen LogP contribution >= 0.6 is 0 Å². The second-order valence-electron chi connectivity index (χ2n) is 3.29. The van der Waals surface area contributed by atoms with Gasteiger partial charge >= 0.3 is 0 Å². The van der Waals surface area contributed by atoms with E-state index in [1.807, 2.05) is 36.6 Å². The number of carbonyl (C=O) groups is 1. The Bertz CT molecular complexity index is 485. The van der Waals surface area contributed by atoms with Gasteiger partial charge in [0.15, 0.2) is 6.29 Å². The minimum atomic E-state index is 0.542. The molecule has 0 fully saturated rings. The van der Waals surface area contributed by atoms with Crippen LogP contribution in [-0.2, 0) is 6.42 Å². The summed E-state index contributed by atoms with van der Waals surface area (Å²) in [5, 5.41) is 0. The van der Waals surface area contributed by atoms with Crippen LogP contribution < -0.4 is 0 Å². The van der Waals surface area contributed by atoms with E-state index in [2.05, 4.69) is 4.98 Å². The molecule has 2 aromatic heterocycles. The van der Waals surface area contributed by atoms with E-state index in [4.69, 9.17) is 0 Å². The average molecular weight is 188 g/mol. The van der Waals surface area contributed by atoms with Gasteiger partial charge in [-0.25, -0.2) is 4.98 Å². The average Bonchev–Trinajstić information content (AvgIpc) is 2.57. The smallest absolute Gasteiger partial charge is 0.170 e. The second-order valence-corrected chi connectivity index (χ2v) is 3.29. The Morgan fingerprint density at radius 3 is 3.00 bits per heavy atom. The Balaban J connectivity index is 2.89. The number of fused-ring (bicyclic) bond motifs is 1. The first-order valence-corrected chi connectivity index (χ1v) is 4.69. The summed E-state index contributed by atoms with van der Waals surface area (Å²) in [6.07, 6.45) is 3.60. The molecule has 0 spiro atoms. The Morgan fingerprint density at radius 2 is 2.36 bits per heavy atom. The molecule has 0 aliphatic rings. The Hall–Kier alpha value is -1.64. The fourth-order valence-corrected chi connectivity index (χ4v) is 1.73. The van der Waals surface area contributed by atoms with E-state index in [1.165, 1.54) is 0 Å². The van der Waals surface area contributed by atoms with E-state index < -0.39 is 0 Å². The molecule has 0 radical (unpaired) electrons. The van der Waals surface area contributed by atoms with Crippen LogP contribution in [0, 0.1) is 6.92 Å². The van der Waals surface area contributed by atoms with Crippen LogP contribution in [0.3, 0.4) is 0 Å². The maximum absolute atomic E-state index is 10.8. The van der Waals surface area contributed by atoms with E-state index >= 15 is 0 Å². The highest BCUT2D eigenvalue weighted by Crippen LogP contribution is 2.16. The lowest BCUT2D eigenvalue weighted by Gasteiger charge is -1.99. The molecule has 2 heterocycles. The van der Waals surface area contributed by atoms with Gasteiger partial charge in [-0.15, -0.1) is 0 Å². The van der Waals surface area contributed by atoms with Gasteiger partial charge in [0.1, 0.15) is 11.5 Å². The third kappa shape index (κ3) is 1.13. The zero-order valence-electron chi connectivity index (χ0n) is 8.32. The lowest BCUT2D eigenvalue weighted by molar-refractivity contribution is 0.112. The third-order valence-corrected chi connectivity index (χ3v) is 2.39. The third-order valence-electron chi connectivity index (χ3n) is 2.39. The van der Waals surface area contributed by atoms with Crippen molar-refractivity contribution >= 4 is 11.8 Å². The van der Waals surface area contributed by atoms with Crippen molar-refractivity contribution < 1.29 is 4.79 Å². The van der Waals surface area contributed by atoms with Crippen LogP contribution in [0.1, 0.15) is 28.8 Å². The van der Waals surface area contributed by atoms with Gasteiger partial charge in [0, 0.05) is 12.6 Å². The molecule has 0 aliphatic carbocycles. The van der Waals surface area contributed by atoms with Crippen LogP contribution in [-0.4, -0.2) is 15.7 Å². The lowest BCUT2D eigenvalue weighted by Crippen LogP contribution is -1.92. The molecule has 3 heteroatoms. The summed E-state index contributed by atoms with van der Waals surface area (Å²) in [7, 11) is 0. The van der Waals surface area contributed by atoms with Gasteiger partial charge in [0.25, 0.3) is 0 Å². The molecule has 0 bridgehead atoms. The molecule has 0 saturated carbocycles. The predicted molar refractivity (Wildman–Crippen MR) is 54.7 cm³/mol. The van der Waals surface area contributed by atoms with Gasteiger partial charge in [0.05, 0.1) is 5.52 Å². The molecule has 0 amide bonds. The highest BCUT2D eigenvalue weighted by Gasteiger charge is 2.09. The summed E-state index contributed by atoms with van der Waals surface area (Å²) in [6, 6.07) is 3.96. The van der Waals surface area contributed by atoms with Gasteiger partial charge in [-0.3, -0.25) is 4.79 Å². The van der Waals surface area contributed by atoms with Gasteiger partial charge in [-0.05, 0) is 18.6 Å². The van der Waals surface area contributed by atoms with Crippen LogP contribution in [0.15, 0.2) is 18.3 Å². The highest BCUT2D eigenvalue weighted by molar-refractivity contribution is 5.85. The second kappa shape index (κ2) is 3.25. The molecular formula is C11H12N2O. The molecule has 2 aromatic rings. The standard InChI is InChI=1S/C11H12N2O/c1-3-10-12-9(7-14)11-8(2)5-4-6-13(10)11/h4-7H,3H2,1-2H3. The van der Waals surface area contributed by atoms with E-state index in [1.54, 1.807) is 0 Å². The number of hydrogen-bond acceptors (Lipinski definition) is 2. The minimum absolute atomic E-state index is 0.542. The minimum Gasteiger partial charge on any atom is -0.303 e. The van der Waals surface area contributed by atoms with E-state index in [0.717, 1.165) is 29.6 Å². The number of aromatic nitrogens is 2. The summed E-state index contributed by atoms with van der Waals surface area (Å²) < 4.78 is 1.99. The number of aldehydes is 1. The zero-order valence-corrected chi connectivity index (χ0v) is 8.32. The van der Waals surface area contributed by atoms with E-state index in [9.17, 15) is 4.79 Å². The van der Waals surface area contributed by atoms with Crippen molar-refractivity contribution in [3.05, 3.63) is 35.4 Å². The normalized spacial score (nSPS) is 10.7. The van der Waals surface area contributed by atoms with Crippen molar-refractivity contribution in [3.8, 4) is 0 Å². The van der Waals surface area contributed by atoms with Gasteiger partial charge in [0.2, 0.25) is 0 Å². The molecular weight excluding hydrogens is 176 g/mol. The van der Waals surface area contributed by atoms with Gasteiger partial charge in [-0.1, -0.05) is 13.0 Å². The SMILES string of the molecule is CCc1nc(C=O)c2c(C)cccn12. The van der Waals surface area contributed by atoms with Crippen molar-refractivity contribution in [2.75, 3.05) is 0 Å². The largest absolute Gasteiger partial charge is 0.303 e. The molecule has 0 unspecified atom stereocenters. The Kier molecular flexibility index (Phi) is 2.08. The first-order valence-electron chi connectivity index (χ1n) is 4.69. The maximum atomic E-state index is 10.8. The van der Waals surface area contributed by atoms with Gasteiger partial charge in [-0.2, -0.15) is 0 Å². The fourth-order valence-electron chi connectivity index (χ4n) is 1.73. The number of imidazole rings is 1. The predicted octanol–water partition coefficient (Wildman–Crippen LogP) is 2.02. The van der Waals surface area contributed by atoms with E-state index in [0.29, 0.717) is 5.69 Å². The maximum Gasteiger partial charge on any atom is 0.170 e. The molecule has 2 rings (SSSR count). The molecule has 72 valence electrons. The monoisotopic (exact) mass is 188 g/mol. The fraction of sp³-hybridized carbons (Fsp3) is 0.273. The summed E-state index contributed by atoms with van der Waals surface area (Å²) >= 11 is 0. The van der Waals surface area contributed by atoms with Crippen molar-refractivity contribution in [1.29, 1.82) is 0 Å². The van der Waals surface area contributed by atoms with Gasteiger partial charge < -0.3 is 4.40 Å². The number of hydrogen-bond donors (Lipinski definition) is 0. The molecule has 14 heavy (non-hydrogen) atoms. The van der Waals surface area contributed by atoms with Crippen LogP contribution in [0.5, 0.6) is 0 Å². The molecule has 0 atom stereocenters. The van der Waals surface area contributed by atoms with Crippen LogP contribution in [0.2, 0.25) is 0 Å². The van der Waals surface area contributed by atoms with Crippen molar-refractivity contribution in [2.24, 2.45) is 0 Å². The Labute approximate surface area is 82.4 Å². The van der Waals surface area contributed by atoms with Crippen molar-refractivity contribution in [2.45, 2.75) is 20.3 Å². The number of rotatable bonds is 2. The topological polar surface area (TPSA) is 34.4 Å². The van der Waals surface area contributed by atoms with E-state index in [-0.39, 0.29) is 0 Å². The molecule has 0 aromatic carbocycles. The molecule has 0 N–H and O–H groups in total. The molecule has 0 saturated heterocycles. The Morgan fingerprint density at radius 1 is 1.57 bits per heavy atom. The summed E-state index contributed by atoms with van der Waals surface area (Å²) in [5.74, 6) is 0.936. The highest BCUT2D eigenvalue weighted by atomic mass is 16.1. The van der Waals surface area contributed by atoms with Crippen molar-refractivity contribution in [1.82, 2.24) is 9.38 Å². The van der Waals surface area contributed by atoms with Crippen LogP contribution in [0.25, 0.3) is 5.52 Å². The van der Waals surface area contributed by atoms with Crippen molar-refractivity contribution in [3.63, 3.8) is 0 Å². The number of aryl methyl sites for hydroxylation is 2. The molecule has 3 nitrogen and oxygen atoms in total. The quantitative estimate of drug-likeness (QED) is 0.676. The summed E-state index contributed by atoms with van der Waals surface area (Å²) in [6.45, 7) is 4.02. The van der Waals surface area contributed by atoms with Crippen LogP contribution in [0.4, 0.5) is 0 Å². The summed E-state index contributed by atoms with van der Waals surface area (Å²) in [4.78, 5) is 15.1. The zero-order chi connectivity index (χ0) is 10.1. The lowest BCUT2D eigenvalue weighted by atomic mass is 10.2. The first-order chi connectivity index (χ1) is 6.77. The molecule has 0 aliphatic heterocycles. The number of carbonyl (C=O) groups excluding carboxylic acids is 1.